The number of carbonyl (C=O) groups excluding carboxylic acids is 1. The average Bonchev–Trinajstić information content (AvgIpc) is 3.53. The number of aromatic nitrogens is 4. The average molecular weight is 480 g/mol. The topological polar surface area (TPSA) is 92.9 Å². The number of fused-ring (bicyclic) bond motifs is 2. The van der Waals surface area contributed by atoms with Crippen molar-refractivity contribution in [3.8, 4) is 11.6 Å². The second kappa shape index (κ2) is 9.56. The van der Waals surface area contributed by atoms with E-state index < -0.39 is 0 Å². The number of nitrogens with one attached hydrogen (secondary N) is 3. The molecule has 3 heterocycles. The number of aromatic amines is 2. The van der Waals surface area contributed by atoms with Gasteiger partial charge in [-0.25, -0.2) is 9.97 Å². The summed E-state index contributed by atoms with van der Waals surface area (Å²) < 4.78 is 0. The third kappa shape index (κ3) is 4.73. The molecule has 8 heteroatoms. The number of hydrogen-bond acceptors (Lipinski definition) is 5. The fourth-order valence-corrected chi connectivity index (χ4v) is 4.64. The van der Waals surface area contributed by atoms with E-state index in [1.54, 1.807) is 6.07 Å². The second-order valence-electron chi connectivity index (χ2n) is 9.47. The van der Waals surface area contributed by atoms with Crippen LogP contribution in [0.1, 0.15) is 15.9 Å². The van der Waals surface area contributed by atoms with Gasteiger partial charge in [0.05, 0.1) is 22.1 Å². The van der Waals surface area contributed by atoms with E-state index in [1.165, 1.54) is 5.56 Å². The van der Waals surface area contributed by atoms with Crippen molar-refractivity contribution in [3.63, 3.8) is 0 Å². The van der Waals surface area contributed by atoms with Crippen LogP contribution in [0.5, 0.6) is 0 Å². The maximum atomic E-state index is 12.9. The van der Waals surface area contributed by atoms with Gasteiger partial charge in [-0.1, -0.05) is 24.3 Å². The Morgan fingerprint density at radius 3 is 2.31 bits per heavy atom. The maximum Gasteiger partial charge on any atom is 0.255 e. The third-order valence-corrected chi connectivity index (χ3v) is 6.88. The number of rotatable bonds is 6. The van der Waals surface area contributed by atoms with Crippen LogP contribution in [0.4, 0.5) is 5.69 Å². The van der Waals surface area contributed by atoms with Gasteiger partial charge in [0.15, 0.2) is 11.6 Å². The SMILES string of the molecule is CN1CCN(CCc2ccc(NC(=O)c3ccc4[nH]c(-c5nc6ccccc6[nH]5)nc4c3)cc2)CC1. The van der Waals surface area contributed by atoms with Gasteiger partial charge in [0.25, 0.3) is 5.91 Å². The molecule has 0 radical (unpaired) electrons. The fraction of sp³-hybridized carbons (Fsp3) is 0.250. The van der Waals surface area contributed by atoms with Crippen LogP contribution in [0.25, 0.3) is 33.7 Å². The Bertz CT molecular complexity index is 1480. The van der Waals surface area contributed by atoms with Crippen LogP contribution in [0.3, 0.4) is 0 Å². The lowest BCUT2D eigenvalue weighted by molar-refractivity contribution is 0.102. The van der Waals surface area contributed by atoms with E-state index >= 15 is 0 Å². The molecule has 0 bridgehead atoms. The van der Waals surface area contributed by atoms with Crippen molar-refractivity contribution in [1.29, 1.82) is 0 Å². The number of amides is 1. The Hall–Kier alpha value is -4.01. The van der Waals surface area contributed by atoms with Crippen LogP contribution >= 0.6 is 0 Å². The van der Waals surface area contributed by atoms with Crippen molar-refractivity contribution in [2.75, 3.05) is 45.1 Å². The number of para-hydroxylation sites is 2. The van der Waals surface area contributed by atoms with Crippen LogP contribution in [-0.4, -0.2) is 75.4 Å². The van der Waals surface area contributed by atoms with E-state index in [0.29, 0.717) is 17.2 Å². The zero-order chi connectivity index (χ0) is 24.5. The first-order chi connectivity index (χ1) is 17.6. The summed E-state index contributed by atoms with van der Waals surface area (Å²) in [6.45, 7) is 5.60. The van der Waals surface area contributed by atoms with Crippen LogP contribution < -0.4 is 5.32 Å². The molecule has 182 valence electrons. The predicted octanol–water partition coefficient (Wildman–Crippen LogP) is 4.15. The molecule has 5 aromatic rings. The lowest BCUT2D eigenvalue weighted by Gasteiger charge is -2.32. The predicted molar refractivity (Wildman–Crippen MR) is 143 cm³/mol. The highest BCUT2D eigenvalue weighted by Gasteiger charge is 2.14. The zero-order valence-electron chi connectivity index (χ0n) is 20.3. The van der Waals surface area contributed by atoms with Crippen LogP contribution in [-0.2, 0) is 6.42 Å². The van der Waals surface area contributed by atoms with Crippen molar-refractivity contribution < 1.29 is 4.79 Å². The van der Waals surface area contributed by atoms with E-state index in [1.807, 2.05) is 48.5 Å². The maximum absolute atomic E-state index is 12.9. The minimum Gasteiger partial charge on any atom is -0.335 e. The molecule has 8 nitrogen and oxygen atoms in total. The Balaban J connectivity index is 1.11. The van der Waals surface area contributed by atoms with Gasteiger partial charge in [-0.05, 0) is 61.5 Å². The summed E-state index contributed by atoms with van der Waals surface area (Å²) >= 11 is 0. The molecule has 3 N–H and O–H groups in total. The number of hydrogen-bond donors (Lipinski definition) is 3. The first-order valence-electron chi connectivity index (χ1n) is 12.4. The molecule has 0 saturated carbocycles. The highest BCUT2D eigenvalue weighted by molar-refractivity contribution is 6.06. The molecule has 1 aliphatic heterocycles. The highest BCUT2D eigenvalue weighted by Crippen LogP contribution is 2.22. The van der Waals surface area contributed by atoms with E-state index in [4.69, 9.17) is 0 Å². The number of nitrogens with zero attached hydrogens (tertiary/aromatic N) is 4. The third-order valence-electron chi connectivity index (χ3n) is 6.88. The number of anilines is 1. The van der Waals surface area contributed by atoms with Gasteiger partial charge in [0, 0.05) is 44.0 Å². The van der Waals surface area contributed by atoms with Gasteiger partial charge < -0.3 is 25.1 Å². The fourth-order valence-electron chi connectivity index (χ4n) is 4.64. The number of carbonyl (C=O) groups is 1. The molecule has 3 aromatic carbocycles. The van der Waals surface area contributed by atoms with Gasteiger partial charge >= 0.3 is 0 Å². The van der Waals surface area contributed by atoms with E-state index in [0.717, 1.165) is 66.9 Å². The van der Waals surface area contributed by atoms with Crippen molar-refractivity contribution in [1.82, 2.24) is 29.7 Å². The Morgan fingerprint density at radius 1 is 0.861 bits per heavy atom. The number of H-pyrrole nitrogens is 2. The highest BCUT2D eigenvalue weighted by atomic mass is 16.1. The number of likely N-dealkylation sites (N-methyl/N-ethyl adjacent to an activating group) is 1. The van der Waals surface area contributed by atoms with E-state index in [2.05, 4.69) is 54.2 Å². The van der Waals surface area contributed by atoms with Crippen LogP contribution in [0, 0.1) is 0 Å². The first-order valence-corrected chi connectivity index (χ1v) is 12.4. The molecular weight excluding hydrogens is 450 g/mol. The van der Waals surface area contributed by atoms with Crippen LogP contribution in [0.2, 0.25) is 0 Å². The molecule has 1 aliphatic rings. The largest absolute Gasteiger partial charge is 0.335 e. The second-order valence-corrected chi connectivity index (χ2v) is 9.47. The van der Waals surface area contributed by atoms with E-state index in [-0.39, 0.29) is 5.91 Å². The zero-order valence-corrected chi connectivity index (χ0v) is 20.3. The molecule has 0 aliphatic carbocycles. The van der Waals surface area contributed by atoms with Gasteiger partial charge in [0.1, 0.15) is 0 Å². The smallest absolute Gasteiger partial charge is 0.255 e. The van der Waals surface area contributed by atoms with Gasteiger partial charge in [-0.2, -0.15) is 0 Å². The Kier molecular flexibility index (Phi) is 5.96. The molecule has 1 amide bonds. The Labute approximate surface area is 209 Å². The molecule has 1 saturated heterocycles. The molecule has 6 rings (SSSR count). The van der Waals surface area contributed by atoms with Crippen LogP contribution in [0.15, 0.2) is 66.7 Å². The molecule has 0 atom stereocenters. The summed E-state index contributed by atoms with van der Waals surface area (Å²) in [6, 6.07) is 21.5. The lowest BCUT2D eigenvalue weighted by Crippen LogP contribution is -2.45. The molecule has 0 unspecified atom stereocenters. The lowest BCUT2D eigenvalue weighted by atomic mass is 10.1. The van der Waals surface area contributed by atoms with Crippen molar-refractivity contribution in [3.05, 3.63) is 77.9 Å². The molecule has 1 fully saturated rings. The quantitative estimate of drug-likeness (QED) is 0.340. The summed E-state index contributed by atoms with van der Waals surface area (Å²) in [7, 11) is 2.18. The molecule has 2 aromatic heterocycles. The summed E-state index contributed by atoms with van der Waals surface area (Å²) in [6.07, 6.45) is 1.02. The summed E-state index contributed by atoms with van der Waals surface area (Å²) in [4.78, 5) is 33.7. The minimum absolute atomic E-state index is 0.157. The summed E-state index contributed by atoms with van der Waals surface area (Å²) in [5.41, 5.74) is 6.04. The van der Waals surface area contributed by atoms with Crippen molar-refractivity contribution in [2.24, 2.45) is 0 Å². The first kappa shape index (κ1) is 22.5. The standard InChI is InChI=1S/C28H29N7O/c1-34-14-16-35(17-15-34)13-12-19-6-9-21(10-7-19)29-28(36)20-8-11-24-25(18-20)33-27(32-24)26-30-22-4-2-3-5-23(22)31-26/h2-11,18H,12-17H2,1H3,(H,29,36)(H,30,31)(H,32,33). The minimum atomic E-state index is -0.157. The van der Waals surface area contributed by atoms with Gasteiger partial charge in [-0.3, -0.25) is 4.79 Å². The normalized spacial score (nSPS) is 15.0. The number of imidazole rings is 2. The molecule has 0 spiro atoms. The monoisotopic (exact) mass is 479 g/mol. The molecular formula is C28H29N7O. The van der Waals surface area contributed by atoms with E-state index in [9.17, 15) is 4.79 Å². The number of benzene rings is 3. The van der Waals surface area contributed by atoms with Crippen molar-refractivity contribution in [2.45, 2.75) is 6.42 Å². The summed E-state index contributed by atoms with van der Waals surface area (Å²) in [5.74, 6) is 1.16. The molecule has 36 heavy (non-hydrogen) atoms. The Morgan fingerprint density at radius 2 is 1.56 bits per heavy atom. The van der Waals surface area contributed by atoms with Gasteiger partial charge in [-0.15, -0.1) is 0 Å². The number of piperazine rings is 1. The van der Waals surface area contributed by atoms with Crippen molar-refractivity contribution >= 4 is 33.7 Å². The summed E-state index contributed by atoms with van der Waals surface area (Å²) in [5, 5.41) is 3.01. The van der Waals surface area contributed by atoms with Gasteiger partial charge in [0.2, 0.25) is 0 Å².